The van der Waals surface area contributed by atoms with Crippen LogP contribution in [0, 0.1) is 6.92 Å². The van der Waals surface area contributed by atoms with Gasteiger partial charge < -0.3 is 19.7 Å². The minimum Gasteiger partial charge on any atom is -0.369 e. The molecule has 1 saturated heterocycles. The zero-order valence-electron chi connectivity index (χ0n) is 22.1. The van der Waals surface area contributed by atoms with E-state index in [-0.39, 0.29) is 17.2 Å². The SMILES string of the molecule is CCn1c(=O)c2cnc(Nc3ccc(N4CCN(C)CC4)c(C)c3)nc2n1-c1ccc(=O)n(C(C)C)c1. The number of hydrogen-bond donors (Lipinski definition) is 1. The van der Waals surface area contributed by atoms with Crippen LogP contribution in [0.4, 0.5) is 17.3 Å². The van der Waals surface area contributed by atoms with Gasteiger partial charge in [0.05, 0.1) is 5.69 Å². The fourth-order valence-corrected chi connectivity index (χ4v) is 4.92. The number of rotatable bonds is 6. The number of fused-ring (bicyclic) bond motifs is 1. The normalized spacial score (nSPS) is 14.6. The average molecular weight is 503 g/mol. The van der Waals surface area contributed by atoms with Crippen molar-refractivity contribution in [1.82, 2.24) is 28.8 Å². The smallest absolute Gasteiger partial charge is 0.278 e. The van der Waals surface area contributed by atoms with E-state index in [0.717, 1.165) is 31.9 Å². The van der Waals surface area contributed by atoms with Crippen LogP contribution in [-0.4, -0.2) is 62.0 Å². The number of piperazine rings is 1. The summed E-state index contributed by atoms with van der Waals surface area (Å²) in [4.78, 5) is 39.4. The molecular weight excluding hydrogens is 468 g/mol. The largest absolute Gasteiger partial charge is 0.369 e. The maximum absolute atomic E-state index is 13.1. The summed E-state index contributed by atoms with van der Waals surface area (Å²) < 4.78 is 5.03. The van der Waals surface area contributed by atoms with E-state index in [9.17, 15) is 9.59 Å². The second-order valence-electron chi connectivity index (χ2n) is 9.91. The van der Waals surface area contributed by atoms with E-state index in [0.29, 0.717) is 29.2 Å². The molecular formula is C27H34N8O2. The van der Waals surface area contributed by atoms with Crippen LogP contribution >= 0.6 is 0 Å². The molecule has 1 N–H and O–H groups in total. The van der Waals surface area contributed by atoms with Crippen molar-refractivity contribution in [3.8, 4) is 5.69 Å². The van der Waals surface area contributed by atoms with Gasteiger partial charge in [-0.3, -0.25) is 9.59 Å². The molecule has 37 heavy (non-hydrogen) atoms. The molecule has 0 aliphatic carbocycles. The van der Waals surface area contributed by atoms with Crippen molar-refractivity contribution in [3.63, 3.8) is 0 Å². The van der Waals surface area contributed by atoms with Crippen molar-refractivity contribution in [3.05, 3.63) is 69.0 Å². The molecule has 10 heteroatoms. The fourth-order valence-electron chi connectivity index (χ4n) is 4.92. The van der Waals surface area contributed by atoms with Gasteiger partial charge in [-0.1, -0.05) is 0 Å². The quantitative estimate of drug-likeness (QED) is 0.433. The maximum Gasteiger partial charge on any atom is 0.278 e. The highest BCUT2D eigenvalue weighted by molar-refractivity contribution is 5.77. The number of aryl methyl sites for hydroxylation is 1. The maximum atomic E-state index is 13.1. The molecule has 0 atom stereocenters. The zero-order valence-corrected chi connectivity index (χ0v) is 22.1. The zero-order chi connectivity index (χ0) is 26.3. The van der Waals surface area contributed by atoms with Crippen molar-refractivity contribution < 1.29 is 0 Å². The van der Waals surface area contributed by atoms with Gasteiger partial charge in [0.15, 0.2) is 5.65 Å². The van der Waals surface area contributed by atoms with Gasteiger partial charge in [-0.05, 0) is 64.6 Å². The van der Waals surface area contributed by atoms with Gasteiger partial charge in [0.1, 0.15) is 5.39 Å². The third-order valence-electron chi connectivity index (χ3n) is 7.00. The Bertz CT molecular complexity index is 1560. The minimum absolute atomic E-state index is 0.0139. The lowest BCUT2D eigenvalue weighted by Crippen LogP contribution is -2.44. The van der Waals surface area contributed by atoms with Crippen LogP contribution in [0.5, 0.6) is 0 Å². The summed E-state index contributed by atoms with van der Waals surface area (Å²) in [5, 5.41) is 3.74. The first-order valence-electron chi connectivity index (χ1n) is 12.8. The predicted molar refractivity (Wildman–Crippen MR) is 148 cm³/mol. The highest BCUT2D eigenvalue weighted by Crippen LogP contribution is 2.26. The summed E-state index contributed by atoms with van der Waals surface area (Å²) in [5.74, 6) is 0.401. The van der Waals surface area contributed by atoms with Crippen molar-refractivity contribution in [2.75, 3.05) is 43.4 Å². The molecule has 10 nitrogen and oxygen atoms in total. The molecule has 3 aromatic heterocycles. The molecule has 4 aromatic rings. The standard InChI is InChI=1S/C27H34N8O2/c1-6-34-26(37)22-16-28-27(30-25(22)35(34)21-8-10-24(36)33(17-21)18(2)3)29-20-7-9-23(19(4)15-20)32-13-11-31(5)12-14-32/h7-10,15-18H,6,11-14H2,1-5H3,(H,28,29,30). The van der Waals surface area contributed by atoms with Gasteiger partial charge >= 0.3 is 0 Å². The monoisotopic (exact) mass is 502 g/mol. The van der Waals surface area contributed by atoms with Gasteiger partial charge in [-0.15, -0.1) is 0 Å². The number of nitrogens with zero attached hydrogens (tertiary/aromatic N) is 7. The third kappa shape index (κ3) is 4.64. The summed E-state index contributed by atoms with van der Waals surface area (Å²) in [5.41, 5.74) is 4.23. The van der Waals surface area contributed by atoms with E-state index in [2.05, 4.69) is 46.2 Å². The van der Waals surface area contributed by atoms with Crippen LogP contribution in [0.3, 0.4) is 0 Å². The van der Waals surface area contributed by atoms with E-state index in [1.54, 1.807) is 32.4 Å². The summed E-state index contributed by atoms with van der Waals surface area (Å²) in [6.07, 6.45) is 3.34. The number of anilines is 3. The van der Waals surface area contributed by atoms with Crippen molar-refractivity contribution in [2.24, 2.45) is 0 Å². The summed E-state index contributed by atoms with van der Waals surface area (Å²) in [6.45, 7) is 12.5. The number of benzene rings is 1. The van der Waals surface area contributed by atoms with Crippen molar-refractivity contribution in [1.29, 1.82) is 0 Å². The first-order valence-corrected chi connectivity index (χ1v) is 12.8. The number of likely N-dealkylation sites (N-methyl/N-ethyl adjacent to an activating group) is 1. The van der Waals surface area contributed by atoms with E-state index in [1.807, 2.05) is 26.8 Å². The Balaban J connectivity index is 1.51. The van der Waals surface area contributed by atoms with E-state index < -0.39 is 0 Å². The number of aromatic nitrogens is 5. The van der Waals surface area contributed by atoms with E-state index >= 15 is 0 Å². The highest BCUT2D eigenvalue weighted by Gasteiger charge is 2.19. The second-order valence-corrected chi connectivity index (χ2v) is 9.91. The first-order chi connectivity index (χ1) is 17.8. The molecule has 0 saturated carbocycles. The van der Waals surface area contributed by atoms with Crippen LogP contribution in [0.25, 0.3) is 16.7 Å². The van der Waals surface area contributed by atoms with Crippen LogP contribution in [0.2, 0.25) is 0 Å². The van der Waals surface area contributed by atoms with E-state index in [4.69, 9.17) is 4.98 Å². The molecule has 5 rings (SSSR count). The average Bonchev–Trinajstić information content (AvgIpc) is 3.16. The van der Waals surface area contributed by atoms with Crippen molar-refractivity contribution >= 4 is 28.4 Å². The second kappa shape index (κ2) is 9.85. The lowest BCUT2D eigenvalue weighted by molar-refractivity contribution is 0.312. The Morgan fingerprint density at radius 3 is 2.49 bits per heavy atom. The Labute approximate surface area is 215 Å². The lowest BCUT2D eigenvalue weighted by Gasteiger charge is -2.35. The molecule has 1 aliphatic heterocycles. The first kappa shape index (κ1) is 24.8. The Morgan fingerprint density at radius 2 is 1.81 bits per heavy atom. The van der Waals surface area contributed by atoms with Gasteiger partial charge in [0.2, 0.25) is 5.95 Å². The van der Waals surface area contributed by atoms with Crippen molar-refractivity contribution in [2.45, 2.75) is 40.3 Å². The molecule has 194 valence electrons. The molecule has 4 heterocycles. The Kier molecular flexibility index (Phi) is 6.59. The highest BCUT2D eigenvalue weighted by atomic mass is 16.1. The molecule has 0 amide bonds. The van der Waals surface area contributed by atoms with Crippen LogP contribution in [-0.2, 0) is 6.54 Å². The summed E-state index contributed by atoms with van der Waals surface area (Å²) in [6, 6.07) is 9.51. The van der Waals surface area contributed by atoms with E-state index in [1.165, 1.54) is 17.3 Å². The fraction of sp³-hybridized carbons (Fsp3) is 0.407. The number of pyridine rings is 1. The molecule has 0 spiro atoms. The number of nitrogens with one attached hydrogen (secondary N) is 1. The summed E-state index contributed by atoms with van der Waals surface area (Å²) >= 11 is 0. The minimum atomic E-state index is -0.168. The third-order valence-corrected chi connectivity index (χ3v) is 7.00. The summed E-state index contributed by atoms with van der Waals surface area (Å²) in [7, 11) is 2.16. The lowest BCUT2D eigenvalue weighted by atomic mass is 10.1. The van der Waals surface area contributed by atoms with Gasteiger partial charge in [-0.2, -0.15) is 4.98 Å². The van der Waals surface area contributed by atoms with Crippen LogP contribution in [0.1, 0.15) is 32.4 Å². The molecule has 1 aliphatic rings. The van der Waals surface area contributed by atoms with Gasteiger partial charge in [-0.25, -0.2) is 14.3 Å². The molecule has 1 fully saturated rings. The van der Waals surface area contributed by atoms with Gasteiger partial charge in [0.25, 0.3) is 11.1 Å². The number of hydrogen-bond acceptors (Lipinski definition) is 7. The Morgan fingerprint density at radius 1 is 1.05 bits per heavy atom. The predicted octanol–water partition coefficient (Wildman–Crippen LogP) is 3.15. The molecule has 0 radical (unpaired) electrons. The van der Waals surface area contributed by atoms with Crippen LogP contribution in [0.15, 0.2) is 52.3 Å². The molecule has 1 aromatic carbocycles. The molecule has 0 unspecified atom stereocenters. The topological polar surface area (TPSA) is 93.2 Å². The van der Waals surface area contributed by atoms with Gasteiger partial charge in [0, 0.05) is 68.6 Å². The van der Waals surface area contributed by atoms with Crippen LogP contribution < -0.4 is 21.3 Å². The molecule has 0 bridgehead atoms. The Hall–Kier alpha value is -3.92.